The van der Waals surface area contributed by atoms with Crippen molar-refractivity contribution in [2.45, 2.75) is 311 Å². The van der Waals surface area contributed by atoms with Gasteiger partial charge in [0.05, 0.1) is 38.6 Å². The predicted molar refractivity (Wildman–Crippen MR) is 346 cm³/mol. The minimum atomic E-state index is -1.97. The normalized spacial score (nSPS) is 28.8. The summed E-state index contributed by atoms with van der Waals surface area (Å²) in [5.41, 5.74) is 0. The summed E-state index contributed by atoms with van der Waals surface area (Å²) in [6.45, 7) is 1.55. The number of rotatable bonds is 50. The van der Waals surface area contributed by atoms with Crippen LogP contribution in [-0.4, -0.2) is 193 Å². The second-order valence-corrected chi connectivity index (χ2v) is 23.9. The van der Waals surface area contributed by atoms with Gasteiger partial charge in [0, 0.05) is 6.42 Å². The van der Waals surface area contributed by atoms with Gasteiger partial charge in [-0.3, -0.25) is 4.79 Å². The summed E-state index contributed by atoms with van der Waals surface area (Å²) >= 11 is 0. The minimum Gasteiger partial charge on any atom is -0.394 e. The van der Waals surface area contributed by atoms with Crippen LogP contribution in [0.1, 0.15) is 206 Å². The highest BCUT2D eigenvalue weighted by Gasteiger charge is 2.53. The molecule has 1 amide bonds. The van der Waals surface area contributed by atoms with Crippen LogP contribution >= 0.6 is 0 Å². The molecule has 0 aromatic carbocycles. The Labute approximate surface area is 533 Å². The van der Waals surface area contributed by atoms with Crippen LogP contribution < -0.4 is 5.32 Å². The molecule has 12 N–H and O–H groups in total. The number of ether oxygens (including phenoxy) is 6. The molecule has 19 nitrogen and oxygen atoms in total. The van der Waals surface area contributed by atoms with E-state index in [-0.39, 0.29) is 18.9 Å². The average molecular weight is 1260 g/mol. The molecule has 3 aliphatic rings. The van der Waals surface area contributed by atoms with Crippen molar-refractivity contribution in [3.8, 4) is 0 Å². The molecule has 0 aromatic heterocycles. The van der Waals surface area contributed by atoms with E-state index in [1.807, 2.05) is 0 Å². The van der Waals surface area contributed by atoms with Crippen molar-refractivity contribution in [3.05, 3.63) is 97.2 Å². The van der Waals surface area contributed by atoms with Crippen molar-refractivity contribution in [2.75, 3.05) is 26.4 Å². The van der Waals surface area contributed by atoms with Crippen molar-refractivity contribution in [3.63, 3.8) is 0 Å². The van der Waals surface area contributed by atoms with Gasteiger partial charge in [-0.1, -0.05) is 220 Å². The van der Waals surface area contributed by atoms with Gasteiger partial charge in [0.15, 0.2) is 18.9 Å². The van der Waals surface area contributed by atoms with Gasteiger partial charge in [0.25, 0.3) is 0 Å². The monoisotopic (exact) mass is 1260 g/mol. The van der Waals surface area contributed by atoms with E-state index in [4.69, 9.17) is 28.4 Å². The number of hydrogen-bond donors (Lipinski definition) is 12. The van der Waals surface area contributed by atoms with E-state index in [0.29, 0.717) is 19.3 Å². The maximum absolute atomic E-state index is 13.3. The van der Waals surface area contributed by atoms with Crippen LogP contribution in [0, 0.1) is 0 Å². The Hall–Kier alpha value is -3.29. The van der Waals surface area contributed by atoms with E-state index in [1.165, 1.54) is 64.2 Å². The van der Waals surface area contributed by atoms with Gasteiger partial charge in [-0.25, -0.2) is 0 Å². The average Bonchev–Trinajstić information content (AvgIpc) is 2.72. The number of allylic oxidation sites excluding steroid dienone is 16. The predicted octanol–water partition coefficient (Wildman–Crippen LogP) is 8.49. The maximum Gasteiger partial charge on any atom is 0.220 e. The first kappa shape index (κ1) is 79.9. The van der Waals surface area contributed by atoms with Crippen LogP contribution in [-0.2, 0) is 33.2 Å². The summed E-state index contributed by atoms with van der Waals surface area (Å²) < 4.78 is 34.2. The molecule has 3 rings (SSSR count). The van der Waals surface area contributed by atoms with E-state index in [2.05, 4.69) is 116 Å². The lowest BCUT2D eigenvalue weighted by molar-refractivity contribution is -0.379. The fourth-order valence-corrected chi connectivity index (χ4v) is 10.9. The Morgan fingerprint density at radius 3 is 1.21 bits per heavy atom. The zero-order chi connectivity index (χ0) is 64.7. The number of nitrogens with one attached hydrogen (secondary N) is 1. The van der Waals surface area contributed by atoms with Gasteiger partial charge >= 0.3 is 0 Å². The third kappa shape index (κ3) is 33.4. The summed E-state index contributed by atoms with van der Waals surface area (Å²) in [5, 5.41) is 120. The SMILES string of the molecule is CC/C=C\C/C=C\C/C=C\C/C=C\C/C=C\C/C=C\C/C=C\C/C=C\CCCCCCCCCCCCCCCCC(=O)NC(COC1OC(CO)C(OC2OC(CO)C(OC3OC(CO)C(O)C(O)C3O)C(O)C2O)C(O)C1O)C(O)CCCCCCC. The molecule has 3 saturated heterocycles. The van der Waals surface area contributed by atoms with Crippen LogP contribution in [0.15, 0.2) is 97.2 Å². The minimum absolute atomic E-state index is 0.255. The van der Waals surface area contributed by atoms with Crippen molar-refractivity contribution in [1.82, 2.24) is 5.32 Å². The lowest BCUT2D eigenvalue weighted by atomic mass is 9.96. The Morgan fingerprint density at radius 2 is 0.775 bits per heavy atom. The highest BCUT2D eigenvalue weighted by molar-refractivity contribution is 5.76. The standard InChI is InChI=1S/C70H119NO18/c1-3-5-7-9-10-11-12-13-14-15-16-17-18-19-20-21-22-23-24-25-26-27-28-29-30-31-32-33-34-35-36-37-38-39-40-41-42-44-46-48-58(76)71-53(54(75)47-45-43-8-6-4-2)52-84-68-64(82)61(79)66(56(50-73)86-68)89-70-65(83)62(80)67(57(51-74)87-70)88-69-63(81)60(78)59(77)55(49-72)85-69/h5,7,10-11,13-14,16-17,19-20,22-23,25-26,28-29,53-57,59-70,72-75,77-83H,3-4,6,8-9,12,15,18,21,24,27,30-52H2,1-2H3,(H,71,76)/b7-5-,11-10-,14-13-,17-16-,20-19-,23-22-,26-25-,29-28-. The molecule has 0 bridgehead atoms. The quantitative estimate of drug-likeness (QED) is 0.0201. The van der Waals surface area contributed by atoms with E-state index < -0.39 is 124 Å². The molecule has 0 saturated carbocycles. The lowest BCUT2D eigenvalue weighted by Gasteiger charge is -2.48. The number of carbonyl (C=O) groups excluding carboxylic acids is 1. The van der Waals surface area contributed by atoms with Gasteiger partial charge in [0.2, 0.25) is 5.91 Å². The molecule has 19 heteroatoms. The Kier molecular flexibility index (Phi) is 46.0. The molecule has 0 aromatic rings. The molecule has 3 heterocycles. The summed E-state index contributed by atoms with van der Waals surface area (Å²) in [6.07, 6.45) is 40.2. The molecule has 0 spiro atoms. The molecule has 17 atom stereocenters. The molecule has 0 aliphatic carbocycles. The van der Waals surface area contributed by atoms with Crippen molar-refractivity contribution < 1.29 is 89.4 Å². The molecule has 3 aliphatic heterocycles. The summed E-state index contributed by atoms with van der Waals surface area (Å²) in [4.78, 5) is 13.3. The second kappa shape index (κ2) is 51.2. The summed E-state index contributed by atoms with van der Waals surface area (Å²) in [7, 11) is 0. The van der Waals surface area contributed by atoms with E-state index in [9.17, 15) is 61.0 Å². The van der Waals surface area contributed by atoms with Crippen molar-refractivity contribution in [2.24, 2.45) is 0 Å². The molecule has 3 fully saturated rings. The number of carbonyl (C=O) groups is 1. The molecule has 17 unspecified atom stereocenters. The molecular weight excluding hydrogens is 1140 g/mol. The number of hydrogen-bond acceptors (Lipinski definition) is 18. The van der Waals surface area contributed by atoms with Crippen LogP contribution in [0.2, 0.25) is 0 Å². The zero-order valence-electron chi connectivity index (χ0n) is 53.9. The summed E-state index contributed by atoms with van der Waals surface area (Å²) in [5.74, 6) is -0.255. The molecular formula is C70H119NO18. The van der Waals surface area contributed by atoms with Crippen LogP contribution in [0.4, 0.5) is 0 Å². The third-order valence-electron chi connectivity index (χ3n) is 16.4. The van der Waals surface area contributed by atoms with Gasteiger partial charge < -0.3 is 89.9 Å². The Balaban J connectivity index is 1.25. The van der Waals surface area contributed by atoms with Gasteiger partial charge in [-0.2, -0.15) is 0 Å². The van der Waals surface area contributed by atoms with Crippen molar-refractivity contribution >= 4 is 5.91 Å². The number of unbranched alkanes of at least 4 members (excludes halogenated alkanes) is 18. The van der Waals surface area contributed by atoms with E-state index in [0.717, 1.165) is 103 Å². The smallest absolute Gasteiger partial charge is 0.220 e. The third-order valence-corrected chi connectivity index (χ3v) is 16.4. The first-order chi connectivity index (χ1) is 43.3. The van der Waals surface area contributed by atoms with Gasteiger partial charge in [-0.15, -0.1) is 0 Å². The highest BCUT2D eigenvalue weighted by atomic mass is 16.8. The van der Waals surface area contributed by atoms with Crippen LogP contribution in [0.25, 0.3) is 0 Å². The van der Waals surface area contributed by atoms with E-state index >= 15 is 0 Å². The van der Waals surface area contributed by atoms with Gasteiger partial charge in [-0.05, 0) is 77.0 Å². The number of aliphatic hydroxyl groups is 11. The fourth-order valence-electron chi connectivity index (χ4n) is 10.9. The largest absolute Gasteiger partial charge is 0.394 e. The highest BCUT2D eigenvalue weighted by Crippen LogP contribution is 2.33. The molecule has 512 valence electrons. The Bertz CT molecular complexity index is 1990. The van der Waals surface area contributed by atoms with Crippen LogP contribution in [0.5, 0.6) is 0 Å². The van der Waals surface area contributed by atoms with Gasteiger partial charge in [0.1, 0.15) is 73.2 Å². The lowest BCUT2D eigenvalue weighted by Crippen LogP contribution is -2.66. The first-order valence-electron chi connectivity index (χ1n) is 34.0. The van der Waals surface area contributed by atoms with Crippen molar-refractivity contribution in [1.29, 1.82) is 0 Å². The molecule has 0 radical (unpaired) electrons. The number of aliphatic hydroxyl groups excluding tert-OH is 11. The fraction of sp³-hybridized carbons (Fsp3) is 0.757. The zero-order valence-corrected chi connectivity index (χ0v) is 53.9. The summed E-state index contributed by atoms with van der Waals surface area (Å²) in [6, 6.07) is -0.888. The topological polar surface area (TPSA) is 307 Å². The Morgan fingerprint density at radius 1 is 0.416 bits per heavy atom. The van der Waals surface area contributed by atoms with Crippen LogP contribution in [0.3, 0.4) is 0 Å². The second-order valence-electron chi connectivity index (χ2n) is 23.9. The first-order valence-corrected chi connectivity index (χ1v) is 34.0. The van der Waals surface area contributed by atoms with E-state index in [1.54, 1.807) is 0 Å². The molecule has 89 heavy (non-hydrogen) atoms. The maximum atomic E-state index is 13.3. The number of amides is 1.